The Bertz CT molecular complexity index is 627. The molecule has 3 heterocycles. The number of hydrogen-bond donors (Lipinski definition) is 1. The Hall–Kier alpha value is -1.51. The van der Waals surface area contributed by atoms with Crippen LogP contribution in [-0.4, -0.2) is 83.4 Å². The number of amides is 2. The zero-order valence-electron chi connectivity index (χ0n) is 15.7. The molecule has 2 fully saturated rings. The average molecular weight is 380 g/mol. The maximum Gasteiger partial charge on any atom is 0.240 e. The highest BCUT2D eigenvalue weighted by molar-refractivity contribution is 7.13. The van der Waals surface area contributed by atoms with Crippen molar-refractivity contribution in [1.82, 2.24) is 19.7 Å². The second-order valence-corrected chi connectivity index (χ2v) is 8.18. The molecule has 2 saturated heterocycles. The van der Waals surface area contributed by atoms with E-state index in [1.807, 2.05) is 17.2 Å². The molecule has 0 unspecified atom stereocenters. The number of hydrogen-bond acceptors (Lipinski definition) is 6. The number of likely N-dealkylation sites (tertiary alicyclic amines) is 1. The molecule has 2 amide bonds. The minimum absolute atomic E-state index is 0.0222. The van der Waals surface area contributed by atoms with E-state index in [-0.39, 0.29) is 11.8 Å². The fourth-order valence-corrected chi connectivity index (χ4v) is 4.33. The number of rotatable bonds is 5. The van der Waals surface area contributed by atoms with Crippen LogP contribution in [-0.2, 0) is 9.59 Å². The molecule has 2 aliphatic rings. The third kappa shape index (κ3) is 5.25. The van der Waals surface area contributed by atoms with E-state index in [0.717, 1.165) is 51.3 Å². The molecule has 2 aliphatic heterocycles. The van der Waals surface area contributed by atoms with E-state index in [9.17, 15) is 9.59 Å². The fraction of sp³-hybridized carbons (Fsp3) is 0.722. The number of anilines is 1. The van der Waals surface area contributed by atoms with Gasteiger partial charge in [0.15, 0.2) is 5.13 Å². The lowest BCUT2D eigenvalue weighted by molar-refractivity contribution is -0.136. The van der Waals surface area contributed by atoms with Crippen molar-refractivity contribution in [3.8, 4) is 0 Å². The molecule has 3 rings (SSSR count). The summed E-state index contributed by atoms with van der Waals surface area (Å²) in [6.07, 6.45) is 3.47. The summed E-state index contributed by atoms with van der Waals surface area (Å²) in [6, 6.07) is 0.371. The molecule has 1 N–H and O–H groups in total. The zero-order valence-corrected chi connectivity index (χ0v) is 16.6. The molecule has 144 valence electrons. The summed E-state index contributed by atoms with van der Waals surface area (Å²) in [5, 5.41) is 5.44. The van der Waals surface area contributed by atoms with Crippen molar-refractivity contribution in [2.45, 2.75) is 39.2 Å². The van der Waals surface area contributed by atoms with E-state index in [1.165, 1.54) is 17.8 Å². The summed E-state index contributed by atoms with van der Waals surface area (Å²) in [5.41, 5.74) is 0.923. The van der Waals surface area contributed by atoms with Crippen LogP contribution >= 0.6 is 11.3 Å². The van der Waals surface area contributed by atoms with E-state index in [2.05, 4.69) is 27.0 Å². The Morgan fingerprint density at radius 2 is 1.85 bits per heavy atom. The van der Waals surface area contributed by atoms with Gasteiger partial charge in [-0.3, -0.25) is 19.4 Å². The molecule has 1 aromatic rings. The molecular weight excluding hydrogens is 350 g/mol. The first-order valence-electron chi connectivity index (χ1n) is 9.47. The molecule has 1 atom stereocenters. The SMILES string of the molecule is Cc1csc(NC(=O)CN2CCN(CC(=O)N3CCCC[C@@H]3C)CC2)n1. The predicted octanol–water partition coefficient (Wildman–Crippen LogP) is 1.41. The van der Waals surface area contributed by atoms with Crippen molar-refractivity contribution in [2.75, 3.05) is 51.1 Å². The van der Waals surface area contributed by atoms with E-state index in [4.69, 9.17) is 0 Å². The lowest BCUT2D eigenvalue weighted by Gasteiger charge is -2.37. The molecular formula is C18H29N5O2S. The van der Waals surface area contributed by atoms with Crippen LogP contribution in [0.3, 0.4) is 0 Å². The first-order valence-corrected chi connectivity index (χ1v) is 10.4. The molecule has 26 heavy (non-hydrogen) atoms. The first-order chi connectivity index (χ1) is 12.5. The van der Waals surface area contributed by atoms with Gasteiger partial charge in [0, 0.05) is 44.1 Å². The Morgan fingerprint density at radius 3 is 2.46 bits per heavy atom. The number of aromatic nitrogens is 1. The molecule has 0 radical (unpaired) electrons. The van der Waals surface area contributed by atoms with Crippen molar-refractivity contribution < 1.29 is 9.59 Å². The minimum atomic E-state index is -0.0222. The predicted molar refractivity (Wildman–Crippen MR) is 103 cm³/mol. The molecule has 7 nitrogen and oxygen atoms in total. The highest BCUT2D eigenvalue weighted by atomic mass is 32.1. The fourth-order valence-electron chi connectivity index (χ4n) is 3.63. The minimum Gasteiger partial charge on any atom is -0.339 e. The summed E-state index contributed by atoms with van der Waals surface area (Å²) in [4.78, 5) is 35.3. The third-order valence-corrected chi connectivity index (χ3v) is 6.06. The highest BCUT2D eigenvalue weighted by Gasteiger charge is 2.26. The van der Waals surface area contributed by atoms with Gasteiger partial charge in [0.1, 0.15) is 0 Å². The van der Waals surface area contributed by atoms with Gasteiger partial charge in [-0.25, -0.2) is 4.98 Å². The number of aryl methyl sites for hydroxylation is 1. The van der Waals surface area contributed by atoms with Gasteiger partial charge in [0.2, 0.25) is 11.8 Å². The molecule has 0 bridgehead atoms. The van der Waals surface area contributed by atoms with Gasteiger partial charge < -0.3 is 10.2 Å². The van der Waals surface area contributed by atoms with Crippen molar-refractivity contribution in [1.29, 1.82) is 0 Å². The Morgan fingerprint density at radius 1 is 1.15 bits per heavy atom. The van der Waals surface area contributed by atoms with Crippen molar-refractivity contribution in [2.24, 2.45) is 0 Å². The van der Waals surface area contributed by atoms with E-state index >= 15 is 0 Å². The number of carbonyl (C=O) groups excluding carboxylic acids is 2. The van der Waals surface area contributed by atoms with Crippen LogP contribution in [0.15, 0.2) is 5.38 Å². The van der Waals surface area contributed by atoms with Crippen LogP contribution in [0.2, 0.25) is 0 Å². The number of nitrogens with one attached hydrogen (secondary N) is 1. The standard InChI is InChI=1S/C18H29N5O2S/c1-14-13-26-18(19-14)20-16(24)11-21-7-9-22(10-8-21)12-17(25)23-6-4-3-5-15(23)2/h13,15H,3-12H2,1-2H3,(H,19,20,24)/t15-/m0/s1. The largest absolute Gasteiger partial charge is 0.339 e. The first kappa shape index (κ1) is 19.3. The Kier molecular flexibility index (Phi) is 6.61. The van der Waals surface area contributed by atoms with Crippen LogP contribution < -0.4 is 5.32 Å². The molecule has 8 heteroatoms. The number of nitrogens with zero attached hydrogens (tertiary/aromatic N) is 4. The second-order valence-electron chi connectivity index (χ2n) is 7.33. The van der Waals surface area contributed by atoms with Crippen LogP contribution in [0.5, 0.6) is 0 Å². The van der Waals surface area contributed by atoms with Crippen molar-refractivity contribution >= 4 is 28.3 Å². The molecule has 0 aliphatic carbocycles. The van der Waals surface area contributed by atoms with E-state index in [0.29, 0.717) is 24.3 Å². The quantitative estimate of drug-likeness (QED) is 0.838. The highest BCUT2D eigenvalue weighted by Crippen LogP contribution is 2.17. The number of piperidine rings is 1. The van der Waals surface area contributed by atoms with Crippen LogP contribution in [0.25, 0.3) is 0 Å². The van der Waals surface area contributed by atoms with Crippen LogP contribution in [0.4, 0.5) is 5.13 Å². The Balaban J connectivity index is 1.38. The van der Waals surface area contributed by atoms with Crippen molar-refractivity contribution in [3.63, 3.8) is 0 Å². The molecule has 0 aromatic carbocycles. The molecule has 0 saturated carbocycles. The monoisotopic (exact) mass is 379 g/mol. The molecule has 1 aromatic heterocycles. The maximum absolute atomic E-state index is 12.5. The second kappa shape index (κ2) is 8.92. The van der Waals surface area contributed by atoms with Gasteiger partial charge >= 0.3 is 0 Å². The molecule has 0 spiro atoms. The van der Waals surface area contributed by atoms with E-state index in [1.54, 1.807) is 0 Å². The summed E-state index contributed by atoms with van der Waals surface area (Å²) < 4.78 is 0. The zero-order chi connectivity index (χ0) is 18.5. The number of piperazine rings is 1. The third-order valence-electron chi connectivity index (χ3n) is 5.18. The normalized spacial score (nSPS) is 22.4. The van der Waals surface area contributed by atoms with Gasteiger partial charge in [0.05, 0.1) is 18.8 Å². The van der Waals surface area contributed by atoms with Gasteiger partial charge in [0.25, 0.3) is 0 Å². The summed E-state index contributed by atoms with van der Waals surface area (Å²) in [5.74, 6) is 0.230. The summed E-state index contributed by atoms with van der Waals surface area (Å²) in [7, 11) is 0. The Labute approximate surface area is 159 Å². The van der Waals surface area contributed by atoms with Gasteiger partial charge in [-0.1, -0.05) is 0 Å². The van der Waals surface area contributed by atoms with Crippen LogP contribution in [0.1, 0.15) is 31.9 Å². The maximum atomic E-state index is 12.5. The average Bonchev–Trinajstić information content (AvgIpc) is 3.01. The van der Waals surface area contributed by atoms with Crippen molar-refractivity contribution in [3.05, 3.63) is 11.1 Å². The summed E-state index contributed by atoms with van der Waals surface area (Å²) >= 11 is 1.45. The van der Waals surface area contributed by atoms with Gasteiger partial charge in [-0.05, 0) is 33.1 Å². The number of thiazole rings is 1. The van der Waals surface area contributed by atoms with Gasteiger partial charge in [-0.15, -0.1) is 11.3 Å². The lowest BCUT2D eigenvalue weighted by Crippen LogP contribution is -2.53. The van der Waals surface area contributed by atoms with Gasteiger partial charge in [-0.2, -0.15) is 0 Å². The lowest BCUT2D eigenvalue weighted by atomic mass is 10.0. The van der Waals surface area contributed by atoms with Crippen LogP contribution in [0, 0.1) is 6.92 Å². The topological polar surface area (TPSA) is 68.8 Å². The number of carbonyl (C=O) groups is 2. The smallest absolute Gasteiger partial charge is 0.240 e. The van der Waals surface area contributed by atoms with E-state index < -0.39 is 0 Å². The summed E-state index contributed by atoms with van der Waals surface area (Å²) in [6.45, 7) is 9.13.